The van der Waals surface area contributed by atoms with Crippen molar-refractivity contribution in [1.82, 2.24) is 25.0 Å². The molecule has 0 fully saturated rings. The summed E-state index contributed by atoms with van der Waals surface area (Å²) < 4.78 is 11.9. The van der Waals surface area contributed by atoms with Crippen molar-refractivity contribution in [3.63, 3.8) is 0 Å². The van der Waals surface area contributed by atoms with Gasteiger partial charge in [0.2, 0.25) is 16.9 Å². The Bertz CT molecular complexity index is 994. The molecule has 0 aliphatic heterocycles. The molecule has 0 bridgehead atoms. The summed E-state index contributed by atoms with van der Waals surface area (Å²) in [6.07, 6.45) is 0. The summed E-state index contributed by atoms with van der Waals surface area (Å²) in [5, 5.41) is 14.8. The lowest BCUT2D eigenvalue weighted by Gasteiger charge is -2.04. The second kappa shape index (κ2) is 7.18. The molecule has 0 unspecified atom stereocenters. The molecule has 1 aromatic carbocycles. The SMILES string of the molecule is COc1ccc(-c2nnc(SCc3nc(-c4cccs4)no3)n2N)cc1. The van der Waals surface area contributed by atoms with Crippen molar-refractivity contribution in [2.45, 2.75) is 10.9 Å². The molecule has 26 heavy (non-hydrogen) atoms. The Labute approximate surface area is 157 Å². The summed E-state index contributed by atoms with van der Waals surface area (Å²) in [6, 6.07) is 11.4. The van der Waals surface area contributed by atoms with Gasteiger partial charge in [0, 0.05) is 5.56 Å². The van der Waals surface area contributed by atoms with Crippen molar-refractivity contribution in [2.24, 2.45) is 0 Å². The Morgan fingerprint density at radius 2 is 2.08 bits per heavy atom. The van der Waals surface area contributed by atoms with Crippen molar-refractivity contribution in [1.29, 1.82) is 0 Å². The first-order valence-corrected chi connectivity index (χ1v) is 9.45. The lowest BCUT2D eigenvalue weighted by atomic mass is 10.2. The van der Waals surface area contributed by atoms with Crippen molar-refractivity contribution in [3.8, 4) is 27.8 Å². The van der Waals surface area contributed by atoms with Crippen molar-refractivity contribution in [3.05, 3.63) is 47.7 Å². The van der Waals surface area contributed by atoms with Gasteiger partial charge in [-0.2, -0.15) is 4.98 Å². The number of nitrogens with two attached hydrogens (primary N) is 1. The Balaban J connectivity index is 1.46. The van der Waals surface area contributed by atoms with Crippen LogP contribution in [0.5, 0.6) is 5.75 Å². The van der Waals surface area contributed by atoms with Gasteiger partial charge < -0.3 is 15.1 Å². The molecular weight excluding hydrogens is 372 g/mol. The molecular formula is C16H14N6O2S2. The Hall–Kier alpha value is -2.85. The normalized spacial score (nSPS) is 11.0. The number of nitrogen functional groups attached to an aromatic ring is 1. The fourth-order valence-corrected chi connectivity index (χ4v) is 3.60. The number of benzene rings is 1. The predicted molar refractivity (Wildman–Crippen MR) is 99.3 cm³/mol. The van der Waals surface area contributed by atoms with Gasteiger partial charge in [-0.15, -0.1) is 21.5 Å². The van der Waals surface area contributed by atoms with Crippen LogP contribution in [0.4, 0.5) is 0 Å². The third-order valence-electron chi connectivity index (χ3n) is 3.55. The highest BCUT2D eigenvalue weighted by molar-refractivity contribution is 7.98. The van der Waals surface area contributed by atoms with Gasteiger partial charge in [-0.1, -0.05) is 23.0 Å². The van der Waals surface area contributed by atoms with Gasteiger partial charge in [-0.25, -0.2) is 4.68 Å². The van der Waals surface area contributed by atoms with Crippen LogP contribution in [0.1, 0.15) is 5.89 Å². The van der Waals surface area contributed by atoms with E-state index in [9.17, 15) is 0 Å². The smallest absolute Gasteiger partial charge is 0.237 e. The van der Waals surface area contributed by atoms with Crippen LogP contribution in [0.15, 0.2) is 51.5 Å². The number of rotatable bonds is 6. The Morgan fingerprint density at radius 1 is 1.23 bits per heavy atom. The number of hydrogen-bond donors (Lipinski definition) is 1. The maximum atomic E-state index is 6.13. The average Bonchev–Trinajstić information content (AvgIpc) is 3.41. The highest BCUT2D eigenvalue weighted by atomic mass is 32.2. The van der Waals surface area contributed by atoms with Crippen LogP contribution >= 0.6 is 23.1 Å². The summed E-state index contributed by atoms with van der Waals surface area (Å²) in [4.78, 5) is 5.35. The summed E-state index contributed by atoms with van der Waals surface area (Å²) in [7, 11) is 1.62. The van der Waals surface area contributed by atoms with Crippen molar-refractivity contribution < 1.29 is 9.26 Å². The topological polar surface area (TPSA) is 105 Å². The zero-order valence-corrected chi connectivity index (χ0v) is 15.3. The quantitative estimate of drug-likeness (QED) is 0.398. The molecule has 4 rings (SSSR count). The van der Waals surface area contributed by atoms with Crippen LogP contribution in [0.3, 0.4) is 0 Å². The van der Waals surface area contributed by atoms with Crippen molar-refractivity contribution in [2.75, 3.05) is 13.0 Å². The molecule has 4 aromatic rings. The van der Waals surface area contributed by atoms with Gasteiger partial charge in [0.1, 0.15) is 5.75 Å². The number of aromatic nitrogens is 5. The Morgan fingerprint density at radius 3 is 2.81 bits per heavy atom. The maximum absolute atomic E-state index is 6.13. The molecule has 0 aliphatic carbocycles. The number of nitrogens with zero attached hydrogens (tertiary/aromatic N) is 5. The van der Waals surface area contributed by atoms with E-state index in [-0.39, 0.29) is 0 Å². The number of hydrogen-bond acceptors (Lipinski definition) is 9. The second-order valence-electron chi connectivity index (χ2n) is 5.18. The summed E-state index contributed by atoms with van der Waals surface area (Å²) in [5.74, 6) is 9.01. The second-order valence-corrected chi connectivity index (χ2v) is 7.07. The minimum Gasteiger partial charge on any atom is -0.497 e. The zero-order chi connectivity index (χ0) is 17.9. The van der Waals surface area contributed by atoms with E-state index in [2.05, 4.69) is 20.3 Å². The molecule has 0 radical (unpaired) electrons. The van der Waals surface area contributed by atoms with Crippen LogP contribution in [-0.2, 0) is 5.75 Å². The molecule has 0 aliphatic rings. The van der Waals surface area contributed by atoms with E-state index < -0.39 is 0 Å². The van der Waals surface area contributed by atoms with E-state index in [1.54, 1.807) is 18.4 Å². The Kier molecular flexibility index (Phi) is 4.59. The van der Waals surface area contributed by atoms with E-state index >= 15 is 0 Å². The molecule has 132 valence electrons. The fraction of sp³-hybridized carbons (Fsp3) is 0.125. The fourth-order valence-electron chi connectivity index (χ4n) is 2.26. The lowest BCUT2D eigenvalue weighted by Crippen LogP contribution is -2.11. The number of thiophene rings is 1. The van der Waals surface area contributed by atoms with Crippen LogP contribution in [0.2, 0.25) is 0 Å². The van der Waals surface area contributed by atoms with Gasteiger partial charge in [-0.3, -0.25) is 0 Å². The first kappa shape index (κ1) is 16.6. The highest BCUT2D eigenvalue weighted by Gasteiger charge is 2.15. The van der Waals surface area contributed by atoms with Gasteiger partial charge >= 0.3 is 0 Å². The lowest BCUT2D eigenvalue weighted by molar-refractivity contribution is 0.391. The van der Waals surface area contributed by atoms with Crippen LogP contribution in [-0.4, -0.2) is 32.1 Å². The van der Waals surface area contributed by atoms with Gasteiger partial charge in [0.25, 0.3) is 0 Å². The third-order valence-corrected chi connectivity index (χ3v) is 5.34. The van der Waals surface area contributed by atoms with E-state index in [0.29, 0.717) is 28.4 Å². The molecule has 3 heterocycles. The van der Waals surface area contributed by atoms with Crippen LogP contribution in [0, 0.1) is 0 Å². The van der Waals surface area contributed by atoms with Crippen LogP contribution < -0.4 is 10.6 Å². The summed E-state index contributed by atoms with van der Waals surface area (Å²) in [5.41, 5.74) is 0.852. The van der Waals surface area contributed by atoms with E-state index in [1.807, 2.05) is 41.8 Å². The molecule has 2 N–H and O–H groups in total. The number of thioether (sulfide) groups is 1. The molecule has 0 saturated carbocycles. The first-order chi connectivity index (χ1) is 12.7. The van der Waals surface area contributed by atoms with Crippen molar-refractivity contribution >= 4 is 23.1 Å². The van der Waals surface area contributed by atoms with Gasteiger partial charge in [0.05, 0.1) is 17.7 Å². The van der Waals surface area contributed by atoms with E-state index in [1.165, 1.54) is 16.4 Å². The monoisotopic (exact) mass is 386 g/mol. The molecule has 0 spiro atoms. The number of methoxy groups -OCH3 is 1. The minimum absolute atomic E-state index is 0.455. The molecule has 3 aromatic heterocycles. The van der Waals surface area contributed by atoms with E-state index in [4.69, 9.17) is 15.1 Å². The van der Waals surface area contributed by atoms with E-state index in [0.717, 1.165) is 16.2 Å². The summed E-state index contributed by atoms with van der Waals surface area (Å²) >= 11 is 2.94. The summed E-state index contributed by atoms with van der Waals surface area (Å²) in [6.45, 7) is 0. The predicted octanol–water partition coefficient (Wildman–Crippen LogP) is 3.07. The standard InChI is InChI=1S/C16H14N6O2S2/c1-23-11-6-4-10(5-7-11)15-19-20-16(22(15)17)26-9-13-18-14(21-24-13)12-3-2-8-25-12/h2-8H,9,17H2,1H3. The first-order valence-electron chi connectivity index (χ1n) is 7.59. The zero-order valence-electron chi connectivity index (χ0n) is 13.7. The van der Waals surface area contributed by atoms with Crippen LogP contribution in [0.25, 0.3) is 22.1 Å². The minimum atomic E-state index is 0.455. The molecule has 0 atom stereocenters. The molecule has 10 heteroatoms. The molecule has 0 amide bonds. The largest absolute Gasteiger partial charge is 0.497 e. The maximum Gasteiger partial charge on any atom is 0.237 e. The van der Waals surface area contributed by atoms with Gasteiger partial charge in [-0.05, 0) is 35.7 Å². The number of ether oxygens (including phenoxy) is 1. The average molecular weight is 386 g/mol. The molecule has 0 saturated heterocycles. The molecule has 8 nitrogen and oxygen atoms in total. The third kappa shape index (κ3) is 3.28. The highest BCUT2D eigenvalue weighted by Crippen LogP contribution is 2.26. The van der Waals surface area contributed by atoms with Gasteiger partial charge in [0.15, 0.2) is 5.82 Å².